The number of hydrogen-bond donors (Lipinski definition) is 13. The highest BCUT2D eigenvalue weighted by molar-refractivity contribution is 5.85. The Morgan fingerprint density at radius 1 is 0.607 bits per heavy atom. The van der Waals surface area contributed by atoms with Crippen molar-refractivity contribution in [1.29, 1.82) is 0 Å². The van der Waals surface area contributed by atoms with Crippen LogP contribution >= 0.6 is 0 Å². The second-order valence-corrected chi connectivity index (χ2v) is 10.8. The molecule has 20 nitrogen and oxygen atoms in total. The largest absolute Gasteiger partial charge is 0.478 e. The van der Waals surface area contributed by atoms with Gasteiger partial charge >= 0.3 is 23.9 Å². The van der Waals surface area contributed by atoms with Gasteiger partial charge in [0.05, 0.1) is 26.4 Å². The van der Waals surface area contributed by atoms with Gasteiger partial charge in [-0.15, -0.1) is 0 Å². The Bertz CT molecular complexity index is 908. The third-order valence-electron chi connectivity index (χ3n) is 5.80. The Kier molecular flexibility index (Phi) is 54.8. The van der Waals surface area contributed by atoms with E-state index in [1.54, 1.807) is 20.8 Å². The van der Waals surface area contributed by atoms with E-state index in [-0.39, 0.29) is 75.3 Å². The minimum absolute atomic E-state index is 0.0104. The Labute approximate surface area is 329 Å². The Morgan fingerprint density at radius 2 is 0.911 bits per heavy atom. The van der Waals surface area contributed by atoms with Crippen molar-refractivity contribution in [3.05, 3.63) is 49.1 Å². The first kappa shape index (κ1) is 67.1. The third kappa shape index (κ3) is 43.1. The van der Waals surface area contributed by atoms with E-state index in [1.165, 1.54) is 20.8 Å². The third-order valence-corrected chi connectivity index (χ3v) is 5.80. The van der Waals surface area contributed by atoms with Gasteiger partial charge in [-0.1, -0.05) is 26.3 Å². The van der Waals surface area contributed by atoms with Crippen molar-refractivity contribution in [2.45, 2.75) is 78.3 Å². The molecule has 0 heterocycles. The van der Waals surface area contributed by atoms with Gasteiger partial charge in [0, 0.05) is 81.4 Å². The molecule has 0 aliphatic heterocycles. The summed E-state index contributed by atoms with van der Waals surface area (Å²) in [6, 6.07) is 0. The van der Waals surface area contributed by atoms with Gasteiger partial charge in [-0.05, 0) is 54.4 Å². The first-order chi connectivity index (χ1) is 26.0. The summed E-state index contributed by atoms with van der Waals surface area (Å²) in [6.45, 7) is 21.3. The molecule has 0 bridgehead atoms. The van der Waals surface area contributed by atoms with E-state index in [0.29, 0.717) is 26.1 Å². The number of rotatable bonds is 22. The lowest BCUT2D eigenvalue weighted by Crippen LogP contribution is -2.64. The topological polar surface area (TPSA) is 359 Å². The van der Waals surface area contributed by atoms with E-state index in [1.807, 2.05) is 0 Å². The summed E-state index contributed by atoms with van der Waals surface area (Å²) in [5, 5.41) is 109. The number of carboxylic acid groups (broad SMARTS) is 4. The lowest BCUT2D eigenvalue weighted by Gasteiger charge is -2.46. The van der Waals surface area contributed by atoms with Crippen molar-refractivity contribution in [3.63, 3.8) is 0 Å². The van der Waals surface area contributed by atoms with Crippen molar-refractivity contribution in [2.24, 2.45) is 5.92 Å². The van der Waals surface area contributed by atoms with Crippen LogP contribution in [0.25, 0.3) is 0 Å². The predicted octanol–water partition coefficient (Wildman–Crippen LogP) is -0.212. The Balaban J connectivity index is -0.000000107. The average Bonchev–Trinajstić information content (AvgIpc) is 3.15. The molecule has 20 heteroatoms. The van der Waals surface area contributed by atoms with E-state index in [4.69, 9.17) is 65.3 Å². The molecule has 56 heavy (non-hydrogen) atoms. The molecular weight excluding hydrogens is 752 g/mol. The minimum atomic E-state index is -1.39. The van der Waals surface area contributed by atoms with Crippen LogP contribution in [0, 0.1) is 5.92 Å². The second kappa shape index (κ2) is 45.7. The quantitative estimate of drug-likeness (QED) is 0.0496. The molecule has 0 atom stereocenters. The fourth-order valence-electron chi connectivity index (χ4n) is 2.74. The van der Waals surface area contributed by atoms with E-state index in [9.17, 15) is 34.5 Å². The molecule has 0 saturated carbocycles. The summed E-state index contributed by atoms with van der Waals surface area (Å²) < 4.78 is 16.7. The highest BCUT2D eigenvalue weighted by atomic mass is 16.7. The van der Waals surface area contributed by atoms with Gasteiger partial charge in [0.1, 0.15) is 6.10 Å². The number of carboxylic acids is 4. The van der Waals surface area contributed by atoms with Gasteiger partial charge in [-0.3, -0.25) is 0 Å². The standard InChI is InChI=1S/C12H26O6.C6H14O3.3C4H6O2.C3H8O3.C3H4O2/c1-4-16-11(9-14,10-15)12(7-8-13,17-5-2)18-6-3;7-3-1-2-6(4-8)5-9;3*1-3(2)4(5)6;4-1-3(6)2-5;1-2-3(4)5/h13-15H,4-10H2,1-3H3;6-9H,1-5H2;3*1H2,2H3,(H,5,6);3-6H,1-2H2;2H,1H2,(H,4,5). The molecule has 0 rings (SSSR count). The van der Waals surface area contributed by atoms with Crippen LogP contribution in [0.3, 0.4) is 0 Å². The number of carbonyl (C=O) groups is 4. The summed E-state index contributed by atoms with van der Waals surface area (Å²) in [6.07, 6.45) is 1.34. The first-order valence-electron chi connectivity index (χ1n) is 17.0. The molecule has 0 amide bonds. The number of ether oxygens (including phenoxy) is 3. The zero-order valence-corrected chi connectivity index (χ0v) is 33.6. The summed E-state index contributed by atoms with van der Waals surface area (Å²) in [4.78, 5) is 38.0. The van der Waals surface area contributed by atoms with Crippen molar-refractivity contribution in [2.75, 3.05) is 72.7 Å². The maximum atomic E-state index is 9.60. The van der Waals surface area contributed by atoms with Gasteiger partial charge in [0.15, 0.2) is 5.60 Å². The van der Waals surface area contributed by atoms with E-state index in [2.05, 4.69) is 26.3 Å². The van der Waals surface area contributed by atoms with Gasteiger partial charge in [0.25, 0.3) is 0 Å². The van der Waals surface area contributed by atoms with E-state index in [0.717, 1.165) is 6.08 Å². The number of aliphatic carboxylic acids is 4. The fourth-order valence-corrected chi connectivity index (χ4v) is 2.74. The number of aliphatic hydroxyl groups excluding tert-OH is 9. The first-order valence-corrected chi connectivity index (χ1v) is 17.0. The molecule has 0 aromatic rings. The Hall–Kier alpha value is -3.64. The highest BCUT2D eigenvalue weighted by Crippen LogP contribution is 2.34. The van der Waals surface area contributed by atoms with Crippen LogP contribution in [0.5, 0.6) is 0 Å². The van der Waals surface area contributed by atoms with Gasteiger partial charge in [-0.2, -0.15) is 0 Å². The average molecular weight is 823 g/mol. The van der Waals surface area contributed by atoms with Crippen LogP contribution in [0.4, 0.5) is 0 Å². The molecule has 0 spiro atoms. The number of aliphatic hydroxyl groups is 9. The summed E-state index contributed by atoms with van der Waals surface area (Å²) >= 11 is 0. The molecule has 0 aromatic heterocycles. The van der Waals surface area contributed by atoms with Crippen molar-refractivity contribution in [3.8, 4) is 0 Å². The molecule has 0 saturated heterocycles. The van der Waals surface area contributed by atoms with Gasteiger partial charge in [0.2, 0.25) is 5.79 Å². The molecule has 0 aliphatic rings. The van der Waals surface area contributed by atoms with Crippen molar-refractivity contribution >= 4 is 23.9 Å². The minimum Gasteiger partial charge on any atom is -0.478 e. The molecule has 0 aliphatic carbocycles. The van der Waals surface area contributed by atoms with Crippen LogP contribution in [0.15, 0.2) is 49.1 Å². The lowest BCUT2D eigenvalue weighted by atomic mass is 9.90. The van der Waals surface area contributed by atoms with Crippen LogP contribution in [0.1, 0.15) is 60.8 Å². The van der Waals surface area contributed by atoms with Crippen LogP contribution < -0.4 is 0 Å². The van der Waals surface area contributed by atoms with Crippen molar-refractivity contribution < 1.29 is 99.8 Å². The highest BCUT2D eigenvalue weighted by Gasteiger charge is 2.54. The molecule has 334 valence electrons. The smallest absolute Gasteiger partial charge is 0.330 e. The van der Waals surface area contributed by atoms with E-state index < -0.39 is 54.6 Å². The summed E-state index contributed by atoms with van der Waals surface area (Å²) in [5.74, 6) is -5.19. The Morgan fingerprint density at radius 3 is 1.05 bits per heavy atom. The fraction of sp³-hybridized carbons (Fsp3) is 0.667. The number of hydrogen-bond acceptors (Lipinski definition) is 16. The van der Waals surface area contributed by atoms with Gasteiger partial charge in [-0.25, -0.2) is 19.2 Å². The van der Waals surface area contributed by atoms with Crippen LogP contribution in [0.2, 0.25) is 0 Å². The zero-order valence-electron chi connectivity index (χ0n) is 33.6. The van der Waals surface area contributed by atoms with Crippen LogP contribution in [-0.2, 0) is 33.4 Å². The lowest BCUT2D eigenvalue weighted by molar-refractivity contribution is -0.347. The summed E-state index contributed by atoms with van der Waals surface area (Å²) in [7, 11) is 0. The maximum Gasteiger partial charge on any atom is 0.330 e. The van der Waals surface area contributed by atoms with E-state index >= 15 is 0 Å². The SMILES string of the molecule is C=C(C)C(=O)O.C=C(C)C(=O)O.C=C(C)C(=O)O.C=CC(=O)O.CCOC(CO)(CO)C(CCO)(OCC)OCC.OCC(O)CO.OCCCC(CO)CO. The monoisotopic (exact) mass is 822 g/mol. The zero-order chi connectivity index (χ0) is 45.9. The molecule has 0 aromatic carbocycles. The van der Waals surface area contributed by atoms with Gasteiger partial charge < -0.3 is 80.6 Å². The molecular formula is C36H70O20. The molecule has 13 N–H and O–H groups in total. The predicted molar refractivity (Wildman–Crippen MR) is 206 cm³/mol. The molecule has 0 radical (unpaired) electrons. The second-order valence-electron chi connectivity index (χ2n) is 10.8. The van der Waals surface area contributed by atoms with Crippen molar-refractivity contribution in [1.82, 2.24) is 0 Å². The van der Waals surface area contributed by atoms with Crippen LogP contribution in [-0.4, -0.2) is 180 Å². The maximum absolute atomic E-state index is 9.60. The molecule has 0 unspecified atom stereocenters. The molecule has 0 fully saturated rings. The normalized spacial score (nSPS) is 9.95. The summed E-state index contributed by atoms with van der Waals surface area (Å²) in [5.41, 5.74) is -0.865.